The van der Waals surface area contributed by atoms with Gasteiger partial charge in [0, 0.05) is 12.6 Å². The molecule has 106 valence electrons. The van der Waals surface area contributed by atoms with Gasteiger partial charge in [-0.2, -0.15) is 0 Å². The fraction of sp³-hybridized carbons (Fsp3) is 0.647. The lowest BCUT2D eigenvalue weighted by Crippen LogP contribution is -2.28. The standard InChI is InChI=1S/C17H26FN/c1-13(2)19-12-16(11-14-5-3-4-6-14)15-7-9-17(18)10-8-15/h7-10,13-14,16,19H,3-6,11-12H2,1-2H3. The number of benzene rings is 1. The van der Waals surface area contributed by atoms with Crippen LogP contribution in [0.5, 0.6) is 0 Å². The van der Waals surface area contributed by atoms with Crippen LogP contribution in [0.2, 0.25) is 0 Å². The maximum Gasteiger partial charge on any atom is 0.123 e. The summed E-state index contributed by atoms with van der Waals surface area (Å²) in [5.41, 5.74) is 1.28. The first-order chi connectivity index (χ1) is 9.15. The van der Waals surface area contributed by atoms with Crippen molar-refractivity contribution in [1.82, 2.24) is 5.32 Å². The Bertz CT molecular complexity index is 365. The average molecular weight is 263 g/mol. The molecule has 0 aromatic heterocycles. The smallest absolute Gasteiger partial charge is 0.123 e. The van der Waals surface area contributed by atoms with Gasteiger partial charge in [-0.1, -0.05) is 51.7 Å². The van der Waals surface area contributed by atoms with Gasteiger partial charge < -0.3 is 5.32 Å². The second kappa shape index (κ2) is 7.04. The molecule has 1 aromatic carbocycles. The molecule has 0 spiro atoms. The molecule has 0 saturated heterocycles. The molecule has 0 bridgehead atoms. The summed E-state index contributed by atoms with van der Waals surface area (Å²) in [6.45, 7) is 5.36. The van der Waals surface area contributed by atoms with Crippen LogP contribution in [0, 0.1) is 11.7 Å². The van der Waals surface area contributed by atoms with Gasteiger partial charge in [0.05, 0.1) is 0 Å². The summed E-state index contributed by atoms with van der Waals surface area (Å²) in [7, 11) is 0. The lowest BCUT2D eigenvalue weighted by molar-refractivity contribution is 0.416. The summed E-state index contributed by atoms with van der Waals surface area (Å²) in [6.07, 6.45) is 6.76. The molecule has 1 saturated carbocycles. The van der Waals surface area contributed by atoms with E-state index in [4.69, 9.17) is 0 Å². The summed E-state index contributed by atoms with van der Waals surface area (Å²) < 4.78 is 13.1. The second-order valence-electron chi connectivity index (χ2n) is 6.20. The fourth-order valence-corrected chi connectivity index (χ4v) is 3.10. The van der Waals surface area contributed by atoms with Crippen LogP contribution < -0.4 is 5.32 Å². The normalized spacial score (nSPS) is 18.1. The first-order valence-electron chi connectivity index (χ1n) is 7.64. The Kier molecular flexibility index (Phi) is 5.38. The van der Waals surface area contributed by atoms with Gasteiger partial charge in [0.2, 0.25) is 0 Å². The highest BCUT2D eigenvalue weighted by atomic mass is 19.1. The van der Waals surface area contributed by atoms with Crippen LogP contribution in [0.25, 0.3) is 0 Å². The second-order valence-corrected chi connectivity index (χ2v) is 6.20. The molecule has 0 aliphatic heterocycles. The molecule has 1 aliphatic rings. The van der Waals surface area contributed by atoms with Crippen molar-refractivity contribution in [3.63, 3.8) is 0 Å². The lowest BCUT2D eigenvalue weighted by atomic mass is 9.87. The minimum atomic E-state index is -0.139. The van der Waals surface area contributed by atoms with Gasteiger partial charge in [0.25, 0.3) is 0 Å². The number of hydrogen-bond acceptors (Lipinski definition) is 1. The van der Waals surface area contributed by atoms with Gasteiger partial charge in [-0.05, 0) is 36.0 Å². The Morgan fingerprint density at radius 1 is 1.16 bits per heavy atom. The van der Waals surface area contributed by atoms with Crippen molar-refractivity contribution in [2.24, 2.45) is 5.92 Å². The van der Waals surface area contributed by atoms with Crippen molar-refractivity contribution >= 4 is 0 Å². The highest BCUT2D eigenvalue weighted by Gasteiger charge is 2.21. The summed E-state index contributed by atoms with van der Waals surface area (Å²) in [6, 6.07) is 7.60. The highest BCUT2D eigenvalue weighted by Crippen LogP contribution is 2.34. The number of hydrogen-bond donors (Lipinski definition) is 1. The molecule has 19 heavy (non-hydrogen) atoms. The quantitative estimate of drug-likeness (QED) is 0.797. The van der Waals surface area contributed by atoms with E-state index in [-0.39, 0.29) is 5.82 Å². The SMILES string of the molecule is CC(C)NCC(CC1CCCC1)c1ccc(F)cc1. The predicted molar refractivity (Wildman–Crippen MR) is 78.9 cm³/mol. The van der Waals surface area contributed by atoms with Crippen molar-refractivity contribution in [2.75, 3.05) is 6.54 Å². The van der Waals surface area contributed by atoms with E-state index in [1.807, 2.05) is 12.1 Å². The molecule has 1 unspecified atom stereocenters. The van der Waals surface area contributed by atoms with Crippen molar-refractivity contribution < 1.29 is 4.39 Å². The van der Waals surface area contributed by atoms with E-state index in [0.29, 0.717) is 12.0 Å². The van der Waals surface area contributed by atoms with Crippen LogP contribution in [0.3, 0.4) is 0 Å². The minimum absolute atomic E-state index is 0.139. The molecule has 1 nitrogen and oxygen atoms in total. The van der Waals surface area contributed by atoms with Crippen LogP contribution in [0.15, 0.2) is 24.3 Å². The number of halogens is 1. The maximum atomic E-state index is 13.1. The van der Waals surface area contributed by atoms with Gasteiger partial charge in [0.15, 0.2) is 0 Å². The average Bonchev–Trinajstić information content (AvgIpc) is 2.88. The molecule has 2 rings (SSSR count). The van der Waals surface area contributed by atoms with E-state index in [1.54, 1.807) is 12.1 Å². The van der Waals surface area contributed by atoms with E-state index < -0.39 is 0 Å². The van der Waals surface area contributed by atoms with Gasteiger partial charge in [0.1, 0.15) is 5.82 Å². The first kappa shape index (κ1) is 14.5. The Morgan fingerprint density at radius 3 is 2.37 bits per heavy atom. The van der Waals surface area contributed by atoms with Gasteiger partial charge >= 0.3 is 0 Å². The Balaban J connectivity index is 2.01. The third-order valence-corrected chi connectivity index (χ3v) is 4.21. The minimum Gasteiger partial charge on any atom is -0.314 e. The molecule has 1 atom stereocenters. The van der Waals surface area contributed by atoms with Gasteiger partial charge in [-0.3, -0.25) is 0 Å². The van der Waals surface area contributed by atoms with E-state index in [1.165, 1.54) is 37.7 Å². The summed E-state index contributed by atoms with van der Waals surface area (Å²) in [5.74, 6) is 1.25. The van der Waals surface area contributed by atoms with Crippen molar-refractivity contribution in [3.05, 3.63) is 35.6 Å². The van der Waals surface area contributed by atoms with Crippen molar-refractivity contribution in [3.8, 4) is 0 Å². The van der Waals surface area contributed by atoms with Crippen LogP contribution in [-0.4, -0.2) is 12.6 Å². The maximum absolute atomic E-state index is 13.1. The molecular weight excluding hydrogens is 237 g/mol. The zero-order valence-electron chi connectivity index (χ0n) is 12.2. The molecule has 0 amide bonds. The van der Waals surface area contributed by atoms with Crippen molar-refractivity contribution in [2.45, 2.75) is 57.9 Å². The molecule has 2 heteroatoms. The van der Waals surface area contributed by atoms with E-state index in [9.17, 15) is 4.39 Å². The number of nitrogens with one attached hydrogen (secondary N) is 1. The monoisotopic (exact) mass is 263 g/mol. The predicted octanol–water partition coefficient (Wildman–Crippen LogP) is 4.49. The highest BCUT2D eigenvalue weighted by molar-refractivity contribution is 5.21. The summed E-state index contributed by atoms with van der Waals surface area (Å²) >= 11 is 0. The third kappa shape index (κ3) is 4.61. The molecule has 0 radical (unpaired) electrons. The lowest BCUT2D eigenvalue weighted by Gasteiger charge is -2.23. The Morgan fingerprint density at radius 2 is 1.79 bits per heavy atom. The Labute approximate surface area is 116 Å². The Hall–Kier alpha value is -0.890. The zero-order valence-corrected chi connectivity index (χ0v) is 12.2. The van der Waals surface area contributed by atoms with E-state index >= 15 is 0 Å². The summed E-state index contributed by atoms with van der Waals surface area (Å²) in [5, 5.41) is 3.54. The van der Waals surface area contributed by atoms with Gasteiger partial charge in [-0.25, -0.2) is 4.39 Å². The van der Waals surface area contributed by atoms with Gasteiger partial charge in [-0.15, -0.1) is 0 Å². The van der Waals surface area contributed by atoms with Crippen LogP contribution in [-0.2, 0) is 0 Å². The fourth-order valence-electron chi connectivity index (χ4n) is 3.10. The molecule has 1 fully saturated rings. The molecule has 1 aromatic rings. The molecule has 1 N–H and O–H groups in total. The first-order valence-corrected chi connectivity index (χ1v) is 7.64. The van der Waals surface area contributed by atoms with Crippen LogP contribution in [0.1, 0.15) is 57.4 Å². The van der Waals surface area contributed by atoms with E-state index in [2.05, 4.69) is 19.2 Å². The van der Waals surface area contributed by atoms with Crippen molar-refractivity contribution in [1.29, 1.82) is 0 Å². The summed E-state index contributed by atoms with van der Waals surface area (Å²) in [4.78, 5) is 0. The van der Waals surface area contributed by atoms with Crippen LogP contribution in [0.4, 0.5) is 4.39 Å². The third-order valence-electron chi connectivity index (χ3n) is 4.21. The van der Waals surface area contributed by atoms with Crippen LogP contribution >= 0.6 is 0 Å². The topological polar surface area (TPSA) is 12.0 Å². The zero-order chi connectivity index (χ0) is 13.7. The van der Waals surface area contributed by atoms with E-state index in [0.717, 1.165) is 12.5 Å². The molecule has 1 aliphatic carbocycles. The molecule has 0 heterocycles. The molecular formula is C17H26FN. The largest absolute Gasteiger partial charge is 0.314 e. The number of rotatable bonds is 6.